The van der Waals surface area contributed by atoms with Crippen molar-refractivity contribution >= 4 is 11.9 Å². The lowest BCUT2D eigenvalue weighted by molar-refractivity contribution is 0.186. The summed E-state index contributed by atoms with van der Waals surface area (Å²) in [7, 11) is 1.70. The highest BCUT2D eigenvalue weighted by atomic mass is 16.2. The second kappa shape index (κ2) is 5.00. The minimum atomic E-state index is -0.249. The normalized spacial score (nSPS) is 13.1. The average molecular weight is 214 g/mol. The van der Waals surface area contributed by atoms with Crippen molar-refractivity contribution < 1.29 is 4.79 Å². The largest absolute Gasteiger partial charge is 0.388 e. The lowest BCUT2D eigenvalue weighted by atomic mass is 10.1. The van der Waals surface area contributed by atoms with Crippen LogP contribution in [0.5, 0.6) is 0 Å². The van der Waals surface area contributed by atoms with Crippen LogP contribution in [-0.4, -0.2) is 35.4 Å². The zero-order valence-corrected chi connectivity index (χ0v) is 10.2. The molecule has 5 heteroatoms. The molecule has 15 heavy (non-hydrogen) atoms. The van der Waals surface area contributed by atoms with Gasteiger partial charge >= 0.3 is 6.03 Å². The van der Waals surface area contributed by atoms with Crippen molar-refractivity contribution in [1.29, 1.82) is 5.41 Å². The van der Waals surface area contributed by atoms with Crippen molar-refractivity contribution in [2.75, 3.05) is 7.05 Å². The first-order chi connectivity index (χ1) is 6.63. The maximum atomic E-state index is 11.7. The molecule has 0 saturated heterocycles. The molecule has 2 amide bonds. The van der Waals surface area contributed by atoms with E-state index in [0.29, 0.717) is 6.42 Å². The quantitative estimate of drug-likeness (QED) is 0.486. The molecule has 88 valence electrons. The Morgan fingerprint density at radius 1 is 1.53 bits per heavy atom. The minimum absolute atomic E-state index is 0.0650. The Hall–Kier alpha value is -1.26. The summed E-state index contributed by atoms with van der Waals surface area (Å²) in [5.41, 5.74) is 5.03. The summed E-state index contributed by atoms with van der Waals surface area (Å²) in [6.45, 7) is 7.64. The van der Waals surface area contributed by atoms with Crippen LogP contribution in [0.3, 0.4) is 0 Å². The Morgan fingerprint density at radius 2 is 2.00 bits per heavy atom. The highest BCUT2D eigenvalue weighted by Gasteiger charge is 2.20. The van der Waals surface area contributed by atoms with E-state index in [1.807, 2.05) is 27.7 Å². The van der Waals surface area contributed by atoms with Gasteiger partial charge in [0.25, 0.3) is 0 Å². The Morgan fingerprint density at radius 3 is 2.33 bits per heavy atom. The average Bonchev–Trinajstić information content (AvgIpc) is 1.98. The minimum Gasteiger partial charge on any atom is -0.388 e. The first-order valence-corrected chi connectivity index (χ1v) is 5.01. The lowest BCUT2D eigenvalue weighted by Gasteiger charge is -2.29. The van der Waals surface area contributed by atoms with Gasteiger partial charge in [-0.05, 0) is 27.7 Å². The summed E-state index contributed by atoms with van der Waals surface area (Å²) in [4.78, 5) is 13.2. The highest BCUT2D eigenvalue weighted by Crippen LogP contribution is 2.04. The van der Waals surface area contributed by atoms with Crippen molar-refractivity contribution in [3.8, 4) is 0 Å². The fourth-order valence-electron chi connectivity index (χ4n) is 1.06. The predicted molar refractivity (Wildman–Crippen MR) is 62.0 cm³/mol. The van der Waals surface area contributed by atoms with Gasteiger partial charge in [0.05, 0.1) is 5.84 Å². The fourth-order valence-corrected chi connectivity index (χ4v) is 1.06. The summed E-state index contributed by atoms with van der Waals surface area (Å²) >= 11 is 0. The Labute approximate surface area is 91.5 Å². The van der Waals surface area contributed by atoms with E-state index in [-0.39, 0.29) is 23.4 Å². The third-order valence-electron chi connectivity index (χ3n) is 1.98. The van der Waals surface area contributed by atoms with E-state index in [1.165, 1.54) is 0 Å². The maximum Gasteiger partial charge on any atom is 0.317 e. The molecule has 0 aliphatic heterocycles. The number of carbonyl (C=O) groups excluding carboxylic acids is 1. The van der Waals surface area contributed by atoms with Crippen LogP contribution >= 0.6 is 0 Å². The van der Waals surface area contributed by atoms with Crippen LogP contribution in [0.2, 0.25) is 0 Å². The molecule has 0 heterocycles. The third-order valence-corrected chi connectivity index (χ3v) is 1.98. The fraction of sp³-hybridized carbons (Fsp3) is 0.800. The van der Waals surface area contributed by atoms with E-state index in [0.717, 1.165) is 0 Å². The number of carbonyl (C=O) groups is 1. The van der Waals surface area contributed by atoms with E-state index < -0.39 is 0 Å². The number of hydrogen-bond acceptors (Lipinski definition) is 2. The van der Waals surface area contributed by atoms with Gasteiger partial charge in [-0.25, -0.2) is 4.79 Å². The molecule has 0 spiro atoms. The topological polar surface area (TPSA) is 82.2 Å². The maximum absolute atomic E-state index is 11.7. The second-order valence-electron chi connectivity index (χ2n) is 4.87. The molecule has 0 aromatic heterocycles. The van der Waals surface area contributed by atoms with E-state index in [1.54, 1.807) is 11.9 Å². The number of nitrogens with two attached hydrogens (primary N) is 1. The number of amides is 2. The van der Waals surface area contributed by atoms with Gasteiger partial charge in [0, 0.05) is 25.0 Å². The smallest absolute Gasteiger partial charge is 0.317 e. The highest BCUT2D eigenvalue weighted by molar-refractivity contribution is 5.79. The van der Waals surface area contributed by atoms with Crippen molar-refractivity contribution in [3.05, 3.63) is 0 Å². The van der Waals surface area contributed by atoms with Crippen LogP contribution in [0.1, 0.15) is 34.1 Å². The Bertz CT molecular complexity index is 244. The van der Waals surface area contributed by atoms with Crippen LogP contribution in [0.25, 0.3) is 0 Å². The molecule has 0 aromatic rings. The molecule has 5 nitrogen and oxygen atoms in total. The summed E-state index contributed by atoms with van der Waals surface area (Å²) in [6.07, 6.45) is 0.397. The summed E-state index contributed by atoms with van der Waals surface area (Å²) in [5.74, 6) is 0.0953. The zero-order chi connectivity index (χ0) is 12.2. The number of amidine groups is 1. The number of rotatable bonds is 3. The van der Waals surface area contributed by atoms with E-state index in [9.17, 15) is 4.79 Å². The van der Waals surface area contributed by atoms with Gasteiger partial charge in [0.2, 0.25) is 0 Å². The number of nitrogens with one attached hydrogen (secondary N) is 2. The number of hydrogen-bond donors (Lipinski definition) is 3. The van der Waals surface area contributed by atoms with Gasteiger partial charge in [-0.2, -0.15) is 0 Å². The van der Waals surface area contributed by atoms with E-state index >= 15 is 0 Å². The molecule has 0 fully saturated rings. The van der Waals surface area contributed by atoms with Crippen molar-refractivity contribution in [2.45, 2.75) is 45.7 Å². The van der Waals surface area contributed by atoms with Crippen molar-refractivity contribution in [3.63, 3.8) is 0 Å². The monoisotopic (exact) mass is 214 g/mol. The molecule has 0 aliphatic rings. The standard InChI is InChI=1S/C10H22N4O/c1-7(6-8(11)12)14(5)9(15)13-10(2,3)4/h7H,6H2,1-5H3,(H3,11,12)(H,13,15). The van der Waals surface area contributed by atoms with Gasteiger partial charge in [0.15, 0.2) is 0 Å². The van der Waals surface area contributed by atoms with Crippen LogP contribution in [0.15, 0.2) is 0 Å². The molecule has 1 atom stereocenters. The molecule has 0 rings (SSSR count). The van der Waals surface area contributed by atoms with Gasteiger partial charge in [-0.1, -0.05) is 0 Å². The van der Waals surface area contributed by atoms with Crippen LogP contribution < -0.4 is 11.1 Å². The molecular weight excluding hydrogens is 192 g/mol. The van der Waals surface area contributed by atoms with Gasteiger partial charge in [0.1, 0.15) is 0 Å². The zero-order valence-electron chi connectivity index (χ0n) is 10.2. The SMILES string of the molecule is CC(CC(=N)N)N(C)C(=O)NC(C)(C)C. The molecule has 4 N–H and O–H groups in total. The molecule has 1 unspecified atom stereocenters. The molecule has 0 bridgehead atoms. The molecular formula is C10H22N4O. The summed E-state index contributed by atoms with van der Waals surface area (Å²) in [6, 6.07) is -0.207. The third kappa shape index (κ3) is 5.93. The van der Waals surface area contributed by atoms with Gasteiger partial charge in [-0.15, -0.1) is 0 Å². The predicted octanol–water partition coefficient (Wildman–Crippen LogP) is 1.14. The van der Waals surface area contributed by atoms with Gasteiger partial charge in [-0.3, -0.25) is 5.41 Å². The second-order valence-corrected chi connectivity index (χ2v) is 4.87. The molecule has 0 aliphatic carbocycles. The van der Waals surface area contributed by atoms with Crippen molar-refractivity contribution in [2.24, 2.45) is 5.73 Å². The Balaban J connectivity index is 4.25. The van der Waals surface area contributed by atoms with E-state index in [4.69, 9.17) is 11.1 Å². The lowest BCUT2D eigenvalue weighted by Crippen LogP contribution is -2.50. The van der Waals surface area contributed by atoms with Crippen LogP contribution in [0, 0.1) is 5.41 Å². The number of nitrogens with zero attached hydrogens (tertiary/aromatic N) is 1. The van der Waals surface area contributed by atoms with E-state index in [2.05, 4.69) is 5.32 Å². The Kier molecular flexibility index (Phi) is 4.58. The van der Waals surface area contributed by atoms with Crippen molar-refractivity contribution in [1.82, 2.24) is 10.2 Å². The van der Waals surface area contributed by atoms with Gasteiger partial charge < -0.3 is 16.0 Å². The molecule has 0 radical (unpaired) electrons. The molecule has 0 aromatic carbocycles. The summed E-state index contributed by atoms with van der Waals surface area (Å²) in [5, 5.41) is 10.0. The first-order valence-electron chi connectivity index (χ1n) is 5.01. The summed E-state index contributed by atoms with van der Waals surface area (Å²) < 4.78 is 0. The first kappa shape index (κ1) is 13.7. The van der Waals surface area contributed by atoms with Crippen LogP contribution in [-0.2, 0) is 0 Å². The number of urea groups is 1. The van der Waals surface area contributed by atoms with Crippen LogP contribution in [0.4, 0.5) is 4.79 Å². The molecule has 0 saturated carbocycles.